The molecule has 0 unspecified atom stereocenters. The first-order chi connectivity index (χ1) is 15.7. The number of hydrogen-bond acceptors (Lipinski definition) is 6. The maximum atomic E-state index is 12.8. The van der Waals surface area contributed by atoms with Gasteiger partial charge in [0.2, 0.25) is 20.0 Å². The molecule has 0 aromatic heterocycles. The minimum Gasteiger partial charge on any atom is -0.379 e. The van der Waals surface area contributed by atoms with E-state index < -0.39 is 26.0 Å². The van der Waals surface area contributed by atoms with Crippen LogP contribution in [0.4, 0.5) is 5.69 Å². The van der Waals surface area contributed by atoms with Crippen LogP contribution in [0.3, 0.4) is 0 Å². The molecule has 0 atom stereocenters. The smallest absolute Gasteiger partial charge is 0.257 e. The fourth-order valence-electron chi connectivity index (χ4n) is 3.76. The first kappa shape index (κ1) is 24.1. The van der Waals surface area contributed by atoms with Crippen LogP contribution in [0, 0.1) is 0 Å². The second-order valence-electron chi connectivity index (χ2n) is 7.75. The summed E-state index contributed by atoms with van der Waals surface area (Å²) in [5, 5.41) is 2.76. The van der Waals surface area contributed by atoms with Crippen molar-refractivity contribution in [2.45, 2.75) is 22.6 Å². The number of amides is 1. The van der Waals surface area contributed by atoms with Gasteiger partial charge in [-0.15, -0.1) is 0 Å². The Bertz CT molecular complexity index is 1240. The van der Waals surface area contributed by atoms with Crippen LogP contribution in [0.1, 0.15) is 23.2 Å². The number of hydrogen-bond donors (Lipinski definition) is 1. The molecular weight excluding hydrogens is 490 g/mol. The Kier molecular flexibility index (Phi) is 7.08. The third-order valence-electron chi connectivity index (χ3n) is 5.61. The van der Waals surface area contributed by atoms with Gasteiger partial charge in [0.05, 0.1) is 33.6 Å². The Labute approximate surface area is 198 Å². The molecule has 33 heavy (non-hydrogen) atoms. The zero-order chi connectivity index (χ0) is 23.6. The summed E-state index contributed by atoms with van der Waals surface area (Å²) < 4.78 is 59.1. The molecule has 9 nitrogen and oxygen atoms in total. The van der Waals surface area contributed by atoms with Gasteiger partial charge in [-0.2, -0.15) is 8.61 Å². The number of anilines is 1. The number of rotatable bonds is 6. The standard InChI is InChI=1S/C21H24ClN3O6S2/c22-20-8-7-18(33(29,30)24-9-1-2-10-24)15-19(20)21(26)23-16-3-5-17(6-4-16)32(27,28)25-11-13-31-14-12-25/h3-8,15H,1-2,9-14H2,(H,23,26). The second-order valence-corrected chi connectivity index (χ2v) is 12.0. The van der Waals surface area contributed by atoms with Crippen LogP contribution in [0.25, 0.3) is 0 Å². The van der Waals surface area contributed by atoms with Crippen molar-refractivity contribution >= 4 is 43.2 Å². The van der Waals surface area contributed by atoms with E-state index >= 15 is 0 Å². The molecule has 2 fully saturated rings. The fourth-order valence-corrected chi connectivity index (χ4v) is 6.92. The number of carbonyl (C=O) groups is 1. The molecule has 0 radical (unpaired) electrons. The summed E-state index contributed by atoms with van der Waals surface area (Å²) in [7, 11) is -7.35. The minimum atomic E-state index is -3.70. The molecule has 0 spiro atoms. The van der Waals surface area contributed by atoms with Crippen LogP contribution in [-0.2, 0) is 24.8 Å². The van der Waals surface area contributed by atoms with E-state index in [1.807, 2.05) is 0 Å². The fraction of sp³-hybridized carbons (Fsp3) is 0.381. The van der Waals surface area contributed by atoms with Crippen molar-refractivity contribution in [1.29, 1.82) is 0 Å². The summed E-state index contributed by atoms with van der Waals surface area (Å²) in [6.07, 6.45) is 1.61. The van der Waals surface area contributed by atoms with Gasteiger partial charge in [0.1, 0.15) is 0 Å². The molecule has 1 N–H and O–H groups in total. The molecule has 12 heteroatoms. The first-order valence-corrected chi connectivity index (χ1v) is 13.7. The highest BCUT2D eigenvalue weighted by Gasteiger charge is 2.29. The van der Waals surface area contributed by atoms with Crippen molar-refractivity contribution in [3.8, 4) is 0 Å². The second kappa shape index (κ2) is 9.69. The highest BCUT2D eigenvalue weighted by atomic mass is 35.5. The maximum absolute atomic E-state index is 12.8. The summed E-state index contributed by atoms with van der Waals surface area (Å²) in [6, 6.07) is 9.82. The summed E-state index contributed by atoms with van der Waals surface area (Å²) >= 11 is 6.17. The Hall–Kier alpha value is -2.02. The number of nitrogens with one attached hydrogen (secondary N) is 1. The van der Waals surface area contributed by atoms with E-state index in [0.717, 1.165) is 12.8 Å². The van der Waals surface area contributed by atoms with Crippen LogP contribution in [0.5, 0.6) is 0 Å². The van der Waals surface area contributed by atoms with Crippen LogP contribution in [-0.4, -0.2) is 70.7 Å². The van der Waals surface area contributed by atoms with Gasteiger partial charge in [-0.05, 0) is 55.3 Å². The highest BCUT2D eigenvalue weighted by molar-refractivity contribution is 7.89. The molecule has 2 heterocycles. The van der Waals surface area contributed by atoms with Crippen molar-refractivity contribution in [3.05, 3.63) is 53.1 Å². The molecular formula is C21H24ClN3O6S2. The van der Waals surface area contributed by atoms with Gasteiger partial charge in [0.25, 0.3) is 5.91 Å². The molecule has 2 aliphatic heterocycles. The average molecular weight is 514 g/mol. The zero-order valence-electron chi connectivity index (χ0n) is 17.7. The molecule has 1 amide bonds. The van der Waals surface area contributed by atoms with E-state index in [-0.39, 0.29) is 33.5 Å². The Morgan fingerprint density at radius 1 is 0.818 bits per heavy atom. The lowest BCUT2D eigenvalue weighted by Crippen LogP contribution is -2.40. The predicted molar refractivity (Wildman–Crippen MR) is 123 cm³/mol. The number of halogens is 1. The molecule has 0 aliphatic carbocycles. The van der Waals surface area contributed by atoms with Crippen molar-refractivity contribution < 1.29 is 26.4 Å². The largest absolute Gasteiger partial charge is 0.379 e. The summed E-state index contributed by atoms with van der Waals surface area (Å²) in [5.41, 5.74) is 0.367. The molecule has 2 aliphatic rings. The van der Waals surface area contributed by atoms with E-state index in [2.05, 4.69) is 5.32 Å². The molecule has 2 saturated heterocycles. The topological polar surface area (TPSA) is 113 Å². The Morgan fingerprint density at radius 2 is 1.36 bits per heavy atom. The molecule has 4 rings (SSSR count). The van der Waals surface area contributed by atoms with E-state index in [4.69, 9.17) is 16.3 Å². The van der Waals surface area contributed by atoms with Crippen molar-refractivity contribution in [2.24, 2.45) is 0 Å². The van der Waals surface area contributed by atoms with Crippen LogP contribution in [0.2, 0.25) is 5.02 Å². The van der Waals surface area contributed by atoms with Gasteiger partial charge in [-0.25, -0.2) is 16.8 Å². The van der Waals surface area contributed by atoms with Crippen LogP contribution < -0.4 is 5.32 Å². The van der Waals surface area contributed by atoms with Gasteiger partial charge in [0.15, 0.2) is 0 Å². The number of sulfonamides is 2. The number of carbonyl (C=O) groups excluding carboxylic acids is 1. The molecule has 178 valence electrons. The van der Waals surface area contributed by atoms with Crippen molar-refractivity contribution in [2.75, 3.05) is 44.7 Å². The lowest BCUT2D eigenvalue weighted by atomic mass is 10.2. The first-order valence-electron chi connectivity index (χ1n) is 10.5. The van der Waals surface area contributed by atoms with Gasteiger partial charge in [-0.1, -0.05) is 11.6 Å². The normalized spacial score (nSPS) is 18.3. The van der Waals surface area contributed by atoms with Crippen molar-refractivity contribution in [3.63, 3.8) is 0 Å². The molecule has 2 aromatic rings. The summed E-state index contributed by atoms with van der Waals surface area (Å²) in [6.45, 7) is 2.17. The quantitative estimate of drug-likeness (QED) is 0.634. The third kappa shape index (κ3) is 5.08. The van der Waals surface area contributed by atoms with Crippen molar-refractivity contribution in [1.82, 2.24) is 8.61 Å². The monoisotopic (exact) mass is 513 g/mol. The lowest BCUT2D eigenvalue weighted by molar-refractivity contribution is 0.0730. The number of morpholine rings is 1. The van der Waals surface area contributed by atoms with E-state index in [9.17, 15) is 21.6 Å². The van der Waals surface area contributed by atoms with E-state index in [1.165, 1.54) is 51.1 Å². The predicted octanol–water partition coefficient (Wildman–Crippen LogP) is 2.40. The Balaban J connectivity index is 1.51. The van der Waals surface area contributed by atoms with Gasteiger partial charge < -0.3 is 10.1 Å². The van der Waals surface area contributed by atoms with E-state index in [1.54, 1.807) is 0 Å². The van der Waals surface area contributed by atoms with Gasteiger partial charge >= 0.3 is 0 Å². The lowest BCUT2D eigenvalue weighted by Gasteiger charge is -2.26. The SMILES string of the molecule is O=C(Nc1ccc(S(=O)(=O)N2CCOCC2)cc1)c1cc(S(=O)(=O)N2CCCC2)ccc1Cl. The zero-order valence-corrected chi connectivity index (χ0v) is 20.1. The van der Waals surface area contributed by atoms with E-state index in [0.29, 0.717) is 32.0 Å². The minimum absolute atomic E-state index is 0.00547. The van der Waals surface area contributed by atoms with Gasteiger partial charge in [-0.3, -0.25) is 4.79 Å². The molecule has 0 saturated carbocycles. The number of nitrogens with zero attached hydrogens (tertiary/aromatic N) is 2. The Morgan fingerprint density at radius 3 is 2.00 bits per heavy atom. The summed E-state index contributed by atoms with van der Waals surface area (Å²) in [4.78, 5) is 12.9. The third-order valence-corrected chi connectivity index (χ3v) is 9.74. The molecule has 0 bridgehead atoms. The van der Waals surface area contributed by atoms with Crippen LogP contribution in [0.15, 0.2) is 52.3 Å². The molecule has 2 aromatic carbocycles. The number of ether oxygens (including phenoxy) is 1. The van der Waals surface area contributed by atoms with Gasteiger partial charge in [0, 0.05) is 31.9 Å². The number of benzene rings is 2. The average Bonchev–Trinajstić information content (AvgIpc) is 3.36. The van der Waals surface area contributed by atoms with Crippen LogP contribution >= 0.6 is 11.6 Å². The highest BCUT2D eigenvalue weighted by Crippen LogP contribution is 2.26. The maximum Gasteiger partial charge on any atom is 0.257 e. The summed E-state index contributed by atoms with van der Waals surface area (Å²) in [5.74, 6) is -0.595.